The predicted octanol–water partition coefficient (Wildman–Crippen LogP) is 1.89. The zero-order chi connectivity index (χ0) is 13.3. The Labute approximate surface area is 94.4 Å². The molecule has 0 saturated heterocycles. The van der Waals surface area contributed by atoms with Crippen LogP contribution in [0.5, 0.6) is 0 Å². The van der Waals surface area contributed by atoms with Crippen molar-refractivity contribution in [1.82, 2.24) is 9.36 Å². The number of nitrogens with one attached hydrogen (secondary N) is 1. The van der Waals surface area contributed by atoms with E-state index in [0.29, 0.717) is 0 Å². The molecule has 0 aliphatic rings. The van der Waals surface area contributed by atoms with Crippen LogP contribution in [-0.4, -0.2) is 33.3 Å². The van der Waals surface area contributed by atoms with Gasteiger partial charge in [0.25, 0.3) is 0 Å². The highest BCUT2D eigenvalue weighted by atomic mass is 32.1. The van der Waals surface area contributed by atoms with Crippen LogP contribution in [0, 0.1) is 0 Å². The van der Waals surface area contributed by atoms with Gasteiger partial charge in [0, 0.05) is 11.5 Å². The number of aliphatic hydroxyl groups is 1. The van der Waals surface area contributed by atoms with Crippen LogP contribution in [-0.2, 0) is 6.18 Å². The summed E-state index contributed by atoms with van der Waals surface area (Å²) in [5.74, 6) is -1.44. The number of hydrogen-bond acceptors (Lipinski definition) is 5. The van der Waals surface area contributed by atoms with Crippen molar-refractivity contribution in [3.63, 3.8) is 0 Å². The summed E-state index contributed by atoms with van der Waals surface area (Å²) in [6, 6.07) is 0. The highest BCUT2D eigenvalue weighted by Gasteiger charge is 2.39. The van der Waals surface area contributed by atoms with Gasteiger partial charge in [-0.25, -0.2) is 0 Å². The van der Waals surface area contributed by atoms with Crippen LogP contribution < -0.4 is 5.32 Å². The maximum atomic E-state index is 12.0. The summed E-state index contributed by atoms with van der Waals surface area (Å²) in [5, 5.41) is 10.0. The molecule has 0 aliphatic heterocycles. The standard InChI is InChI=1S/C6H5F6N3OS/c7-5(8,9)2(16)1-13-4-14-3(15-17-4)6(10,11)12/h2,16H,1H2,(H,13,14,15). The smallest absolute Gasteiger partial charge is 0.382 e. The van der Waals surface area contributed by atoms with Crippen LogP contribution >= 0.6 is 11.5 Å². The lowest BCUT2D eigenvalue weighted by molar-refractivity contribution is -0.198. The molecule has 0 radical (unpaired) electrons. The average Bonchev–Trinajstić information content (AvgIpc) is 2.59. The molecule has 1 aromatic rings. The highest BCUT2D eigenvalue weighted by molar-refractivity contribution is 7.09. The number of hydrogen-bond donors (Lipinski definition) is 2. The average molecular weight is 281 g/mol. The van der Waals surface area contributed by atoms with E-state index < -0.39 is 36.0 Å². The van der Waals surface area contributed by atoms with Crippen molar-refractivity contribution in [3.8, 4) is 0 Å². The van der Waals surface area contributed by atoms with Gasteiger partial charge < -0.3 is 10.4 Å². The lowest BCUT2D eigenvalue weighted by Crippen LogP contribution is -2.35. The third-order valence-electron chi connectivity index (χ3n) is 1.50. The number of rotatable bonds is 3. The topological polar surface area (TPSA) is 58.0 Å². The number of alkyl halides is 6. The van der Waals surface area contributed by atoms with Gasteiger partial charge >= 0.3 is 12.4 Å². The minimum Gasteiger partial charge on any atom is -0.382 e. The summed E-state index contributed by atoms with van der Waals surface area (Å²) in [5.41, 5.74) is 0. The van der Waals surface area contributed by atoms with Crippen LogP contribution in [0.1, 0.15) is 5.82 Å². The minimum atomic E-state index is -4.84. The van der Waals surface area contributed by atoms with Crippen LogP contribution in [0.25, 0.3) is 0 Å². The molecule has 1 atom stereocenters. The summed E-state index contributed by atoms with van der Waals surface area (Å²) < 4.78 is 74.5. The van der Waals surface area contributed by atoms with Crippen molar-refractivity contribution >= 4 is 16.7 Å². The van der Waals surface area contributed by atoms with E-state index in [9.17, 15) is 26.3 Å². The number of anilines is 1. The SMILES string of the molecule is OC(CNc1nc(C(F)(F)F)ns1)C(F)(F)F. The fourth-order valence-electron chi connectivity index (χ4n) is 0.710. The lowest BCUT2D eigenvalue weighted by Gasteiger charge is -2.14. The molecular weight excluding hydrogens is 276 g/mol. The Morgan fingerprint density at radius 2 is 1.82 bits per heavy atom. The van der Waals surface area contributed by atoms with E-state index in [-0.39, 0.29) is 11.5 Å². The Balaban J connectivity index is 2.57. The van der Waals surface area contributed by atoms with Gasteiger partial charge in [-0.15, -0.1) is 0 Å². The number of aliphatic hydroxyl groups excluding tert-OH is 1. The van der Waals surface area contributed by atoms with E-state index in [1.165, 1.54) is 0 Å². The molecule has 0 bridgehead atoms. The summed E-state index contributed by atoms with van der Waals surface area (Å²) in [6.45, 7) is -0.990. The van der Waals surface area contributed by atoms with Crippen molar-refractivity contribution in [1.29, 1.82) is 0 Å². The van der Waals surface area contributed by atoms with Crippen LogP contribution in [0.3, 0.4) is 0 Å². The molecule has 0 saturated carbocycles. The Morgan fingerprint density at radius 3 is 2.24 bits per heavy atom. The Bertz CT molecular complexity index is 375. The van der Waals surface area contributed by atoms with Gasteiger partial charge in [0.1, 0.15) is 0 Å². The van der Waals surface area contributed by atoms with Crippen molar-refractivity contribution in [2.75, 3.05) is 11.9 Å². The van der Waals surface area contributed by atoms with E-state index in [4.69, 9.17) is 5.11 Å². The van der Waals surface area contributed by atoms with Gasteiger partial charge in [0.2, 0.25) is 11.0 Å². The molecule has 1 rings (SSSR count). The zero-order valence-corrected chi connectivity index (χ0v) is 8.62. The van der Waals surface area contributed by atoms with Gasteiger partial charge in [0.05, 0.1) is 6.54 Å². The second-order valence-corrected chi connectivity index (χ2v) is 3.61. The summed E-state index contributed by atoms with van der Waals surface area (Å²) in [6.07, 6.45) is -12.3. The zero-order valence-electron chi connectivity index (χ0n) is 7.80. The van der Waals surface area contributed by atoms with Gasteiger partial charge in [0.15, 0.2) is 6.10 Å². The Hall–Kier alpha value is -1.10. The first-order valence-electron chi connectivity index (χ1n) is 4.00. The molecule has 0 amide bonds. The third kappa shape index (κ3) is 4.00. The first kappa shape index (κ1) is 14.0. The maximum Gasteiger partial charge on any atom is 0.452 e. The van der Waals surface area contributed by atoms with Crippen molar-refractivity contribution in [2.45, 2.75) is 18.5 Å². The second-order valence-electron chi connectivity index (χ2n) is 2.86. The van der Waals surface area contributed by atoms with E-state index >= 15 is 0 Å². The molecule has 0 spiro atoms. The molecule has 1 heterocycles. The first-order chi connectivity index (χ1) is 7.60. The highest BCUT2D eigenvalue weighted by Crippen LogP contribution is 2.29. The quantitative estimate of drug-likeness (QED) is 0.831. The molecule has 11 heteroatoms. The lowest BCUT2D eigenvalue weighted by atomic mass is 10.3. The minimum absolute atomic E-state index is 0.258. The van der Waals surface area contributed by atoms with Crippen molar-refractivity contribution in [3.05, 3.63) is 5.82 Å². The molecule has 1 unspecified atom stereocenters. The molecular formula is C6H5F6N3OS. The van der Waals surface area contributed by atoms with Crippen molar-refractivity contribution in [2.24, 2.45) is 0 Å². The molecule has 1 aromatic heterocycles. The first-order valence-corrected chi connectivity index (χ1v) is 4.77. The molecule has 2 N–H and O–H groups in total. The van der Waals surface area contributed by atoms with Crippen LogP contribution in [0.2, 0.25) is 0 Å². The summed E-state index contributed by atoms with van der Waals surface area (Å²) >= 11 is 0.258. The maximum absolute atomic E-state index is 12.0. The summed E-state index contributed by atoms with van der Waals surface area (Å²) in [7, 11) is 0. The number of aromatic nitrogens is 2. The van der Waals surface area contributed by atoms with Crippen molar-refractivity contribution < 1.29 is 31.4 Å². The van der Waals surface area contributed by atoms with Crippen LogP contribution in [0.4, 0.5) is 31.5 Å². The fraction of sp³-hybridized carbons (Fsp3) is 0.667. The van der Waals surface area contributed by atoms with E-state index in [1.807, 2.05) is 5.32 Å². The van der Waals surface area contributed by atoms with Crippen LogP contribution in [0.15, 0.2) is 0 Å². The van der Waals surface area contributed by atoms with E-state index in [0.717, 1.165) is 0 Å². The molecule has 0 aliphatic carbocycles. The monoisotopic (exact) mass is 281 g/mol. The fourth-order valence-corrected chi connectivity index (χ4v) is 1.30. The van der Waals surface area contributed by atoms with E-state index in [1.54, 1.807) is 0 Å². The Morgan fingerprint density at radius 1 is 1.24 bits per heavy atom. The normalized spacial score (nSPS) is 14.8. The Kier molecular flexibility index (Phi) is 3.81. The van der Waals surface area contributed by atoms with Gasteiger partial charge in [-0.1, -0.05) is 0 Å². The number of halogens is 6. The third-order valence-corrected chi connectivity index (χ3v) is 2.18. The molecule has 0 fully saturated rings. The predicted molar refractivity (Wildman–Crippen MR) is 45.5 cm³/mol. The number of nitrogens with zero attached hydrogens (tertiary/aromatic N) is 2. The molecule has 17 heavy (non-hydrogen) atoms. The summed E-state index contributed by atoms with van der Waals surface area (Å²) in [4.78, 5) is 2.93. The van der Waals surface area contributed by atoms with E-state index in [2.05, 4.69) is 9.36 Å². The molecule has 0 aromatic carbocycles. The van der Waals surface area contributed by atoms with Gasteiger partial charge in [-0.2, -0.15) is 35.7 Å². The van der Waals surface area contributed by atoms with Gasteiger partial charge in [-0.05, 0) is 0 Å². The second kappa shape index (κ2) is 4.64. The molecule has 98 valence electrons. The van der Waals surface area contributed by atoms with Gasteiger partial charge in [-0.3, -0.25) is 0 Å². The largest absolute Gasteiger partial charge is 0.452 e. The molecule has 4 nitrogen and oxygen atoms in total.